The van der Waals surface area contributed by atoms with Crippen LogP contribution in [0.1, 0.15) is 42.0 Å². The summed E-state index contributed by atoms with van der Waals surface area (Å²) in [5.74, 6) is -0.471. The summed E-state index contributed by atoms with van der Waals surface area (Å²) in [5.41, 5.74) is 10.1. The highest BCUT2D eigenvalue weighted by Gasteiger charge is 2.23. The Balaban J connectivity index is 1.72. The number of nitrogen functional groups attached to an aromatic ring is 1. The molecule has 29 heavy (non-hydrogen) atoms. The predicted molar refractivity (Wildman–Crippen MR) is 103 cm³/mol. The van der Waals surface area contributed by atoms with Crippen LogP contribution < -0.4 is 16.5 Å². The average Bonchev–Trinajstić information content (AvgIpc) is 3.29. The number of benzene rings is 1. The van der Waals surface area contributed by atoms with Gasteiger partial charge in [-0.05, 0) is 34.4 Å². The monoisotopic (exact) mass is 397 g/mol. The van der Waals surface area contributed by atoms with Crippen molar-refractivity contribution in [2.75, 3.05) is 11.1 Å². The van der Waals surface area contributed by atoms with Crippen molar-refractivity contribution in [2.45, 2.75) is 26.7 Å². The first-order valence-electron chi connectivity index (χ1n) is 8.73. The van der Waals surface area contributed by atoms with E-state index in [9.17, 15) is 9.59 Å². The predicted octanol–water partition coefficient (Wildman–Crippen LogP) is 0.907. The number of nitrogens with one attached hydrogen (secondary N) is 2. The topological polar surface area (TPSA) is 166 Å². The van der Waals surface area contributed by atoms with Crippen molar-refractivity contribution in [3.63, 3.8) is 0 Å². The lowest BCUT2D eigenvalue weighted by Gasteiger charge is -2.04. The van der Waals surface area contributed by atoms with Crippen LogP contribution in [0.3, 0.4) is 0 Å². The maximum absolute atomic E-state index is 12.5. The van der Waals surface area contributed by atoms with Gasteiger partial charge in [0.25, 0.3) is 5.91 Å². The molecule has 0 saturated heterocycles. The molecule has 0 fully saturated rings. The van der Waals surface area contributed by atoms with Gasteiger partial charge in [-0.15, -0.1) is 5.10 Å². The number of amides is 2. The minimum Gasteiger partial charge on any atom is -0.378 e. The molecule has 0 aliphatic carbocycles. The number of rotatable bonds is 7. The summed E-state index contributed by atoms with van der Waals surface area (Å²) >= 11 is 0. The lowest BCUT2D eigenvalue weighted by Crippen LogP contribution is -2.20. The molecule has 0 aliphatic rings. The Morgan fingerprint density at radius 1 is 1.28 bits per heavy atom. The summed E-state index contributed by atoms with van der Waals surface area (Å²) in [6.45, 7) is 3.38. The van der Waals surface area contributed by atoms with Gasteiger partial charge in [0.2, 0.25) is 17.5 Å². The van der Waals surface area contributed by atoms with Crippen molar-refractivity contribution in [3.8, 4) is 5.82 Å². The second-order valence-electron chi connectivity index (χ2n) is 6.02. The molecule has 0 spiro atoms. The highest BCUT2D eigenvalue weighted by molar-refractivity contribution is 5.94. The molecule has 150 valence electrons. The van der Waals surface area contributed by atoms with E-state index in [1.54, 1.807) is 24.3 Å². The molecular weight excluding hydrogens is 378 g/mol. The van der Waals surface area contributed by atoms with E-state index in [1.165, 1.54) is 17.8 Å². The summed E-state index contributed by atoms with van der Waals surface area (Å²) in [6.07, 6.45) is 2.72. The van der Waals surface area contributed by atoms with Crippen LogP contribution in [0, 0.1) is 0 Å². The van der Waals surface area contributed by atoms with E-state index in [4.69, 9.17) is 5.73 Å². The molecule has 12 nitrogen and oxygen atoms in total. The number of hydrogen-bond acceptors (Lipinski definition) is 9. The van der Waals surface area contributed by atoms with Gasteiger partial charge in [0.15, 0.2) is 5.69 Å². The number of carbonyl (C=O) groups is 2. The third-order valence-electron chi connectivity index (χ3n) is 3.77. The van der Waals surface area contributed by atoms with E-state index in [0.29, 0.717) is 17.8 Å². The van der Waals surface area contributed by atoms with Crippen molar-refractivity contribution in [2.24, 2.45) is 5.10 Å². The molecule has 2 aromatic heterocycles. The SMILES string of the molecule is CCCc1c(C(=O)N/N=C/c2ccc(NC(C)=O)cc2)nnn1-c1nonc1N. The number of nitrogens with two attached hydrogens (primary N) is 1. The van der Waals surface area contributed by atoms with Gasteiger partial charge in [0.05, 0.1) is 11.9 Å². The van der Waals surface area contributed by atoms with Crippen molar-refractivity contribution in [3.05, 3.63) is 41.2 Å². The van der Waals surface area contributed by atoms with Gasteiger partial charge in [-0.25, -0.2) is 10.1 Å². The Bertz CT molecular complexity index is 1040. The highest BCUT2D eigenvalue weighted by Crippen LogP contribution is 2.17. The van der Waals surface area contributed by atoms with Gasteiger partial charge in [-0.2, -0.15) is 9.78 Å². The molecular formula is C17H19N9O3. The molecule has 0 radical (unpaired) electrons. The van der Waals surface area contributed by atoms with Crippen LogP contribution in [0.5, 0.6) is 0 Å². The van der Waals surface area contributed by atoms with E-state index in [-0.39, 0.29) is 23.2 Å². The lowest BCUT2D eigenvalue weighted by molar-refractivity contribution is -0.114. The highest BCUT2D eigenvalue weighted by atomic mass is 16.6. The Morgan fingerprint density at radius 3 is 2.66 bits per heavy atom. The van der Waals surface area contributed by atoms with Crippen molar-refractivity contribution in [1.29, 1.82) is 0 Å². The van der Waals surface area contributed by atoms with Gasteiger partial charge in [-0.1, -0.05) is 30.7 Å². The third kappa shape index (κ3) is 4.61. The van der Waals surface area contributed by atoms with Crippen molar-refractivity contribution < 1.29 is 14.2 Å². The molecule has 0 aliphatic heterocycles. The summed E-state index contributed by atoms with van der Waals surface area (Å²) in [6, 6.07) is 6.96. The number of aromatic nitrogens is 5. The Hall–Kier alpha value is -4.09. The minimum atomic E-state index is -0.527. The third-order valence-corrected chi connectivity index (χ3v) is 3.77. The summed E-state index contributed by atoms with van der Waals surface area (Å²) in [5, 5.41) is 21.7. The molecule has 2 amide bonds. The van der Waals surface area contributed by atoms with Crippen molar-refractivity contribution in [1.82, 2.24) is 30.7 Å². The number of nitrogens with zero attached hydrogens (tertiary/aromatic N) is 6. The van der Waals surface area contributed by atoms with Crippen LogP contribution in [-0.4, -0.2) is 43.3 Å². The fraction of sp³-hybridized carbons (Fsp3) is 0.235. The zero-order chi connectivity index (χ0) is 20.8. The average molecular weight is 397 g/mol. The van der Waals surface area contributed by atoms with Gasteiger partial charge in [0, 0.05) is 12.6 Å². The number of anilines is 2. The van der Waals surface area contributed by atoms with Gasteiger partial charge in [-0.3, -0.25) is 9.59 Å². The zero-order valence-corrected chi connectivity index (χ0v) is 15.8. The van der Waals surface area contributed by atoms with E-state index in [0.717, 1.165) is 12.0 Å². The Labute approximate surface area is 165 Å². The Kier molecular flexibility index (Phi) is 5.92. The number of hydrogen-bond donors (Lipinski definition) is 3. The first-order chi connectivity index (χ1) is 14.0. The molecule has 0 saturated carbocycles. The van der Waals surface area contributed by atoms with Crippen LogP contribution in [0.2, 0.25) is 0 Å². The van der Waals surface area contributed by atoms with Crippen molar-refractivity contribution >= 4 is 29.5 Å². The molecule has 12 heteroatoms. The normalized spacial score (nSPS) is 11.0. The lowest BCUT2D eigenvalue weighted by atomic mass is 10.2. The smallest absolute Gasteiger partial charge is 0.293 e. The van der Waals surface area contributed by atoms with Crippen LogP contribution in [0.4, 0.5) is 11.5 Å². The molecule has 4 N–H and O–H groups in total. The second kappa shape index (κ2) is 8.73. The van der Waals surface area contributed by atoms with Crippen LogP contribution >= 0.6 is 0 Å². The fourth-order valence-electron chi connectivity index (χ4n) is 2.52. The first kappa shape index (κ1) is 19.7. The summed E-state index contributed by atoms with van der Waals surface area (Å²) in [4.78, 5) is 23.5. The van der Waals surface area contributed by atoms with Crippen LogP contribution in [0.25, 0.3) is 5.82 Å². The van der Waals surface area contributed by atoms with E-state index >= 15 is 0 Å². The molecule has 0 atom stereocenters. The molecule has 3 rings (SSSR count). The number of hydrazone groups is 1. The van der Waals surface area contributed by atoms with E-state index < -0.39 is 5.91 Å². The molecule has 2 heterocycles. The van der Waals surface area contributed by atoms with Gasteiger partial charge in [0.1, 0.15) is 0 Å². The van der Waals surface area contributed by atoms with Crippen LogP contribution in [0.15, 0.2) is 34.0 Å². The molecule has 3 aromatic rings. The summed E-state index contributed by atoms with van der Waals surface area (Å²) < 4.78 is 5.91. The van der Waals surface area contributed by atoms with E-state index in [1.807, 2.05) is 6.92 Å². The number of carbonyl (C=O) groups excluding carboxylic acids is 2. The quantitative estimate of drug-likeness (QED) is 0.390. The van der Waals surface area contributed by atoms with Gasteiger partial charge < -0.3 is 11.1 Å². The maximum atomic E-state index is 12.5. The molecule has 0 unspecified atom stereocenters. The minimum absolute atomic E-state index is 0.0416. The summed E-state index contributed by atoms with van der Waals surface area (Å²) in [7, 11) is 0. The zero-order valence-electron chi connectivity index (χ0n) is 15.8. The maximum Gasteiger partial charge on any atom is 0.293 e. The van der Waals surface area contributed by atoms with Crippen LogP contribution in [-0.2, 0) is 11.2 Å². The van der Waals surface area contributed by atoms with Gasteiger partial charge >= 0.3 is 0 Å². The van der Waals surface area contributed by atoms with E-state index in [2.05, 4.69) is 41.1 Å². The first-order valence-corrected chi connectivity index (χ1v) is 8.73. The molecule has 1 aromatic carbocycles. The second-order valence-corrected chi connectivity index (χ2v) is 6.02. The Morgan fingerprint density at radius 2 is 2.03 bits per heavy atom. The fourth-order valence-corrected chi connectivity index (χ4v) is 2.52. The largest absolute Gasteiger partial charge is 0.378 e. The standard InChI is InChI=1S/C17H19N9O3/c1-3-4-13-14(21-25-26(13)16-15(18)23-29-24-16)17(28)22-19-9-11-5-7-12(8-6-11)20-10(2)27/h5-9H,3-4H2,1-2H3,(H2,18,23)(H,20,27)(H,22,28)/b19-9+. The molecule has 0 bridgehead atoms.